The van der Waals surface area contributed by atoms with Crippen LogP contribution in [0.25, 0.3) is 44.5 Å². The van der Waals surface area contributed by atoms with Crippen molar-refractivity contribution in [1.29, 1.82) is 0 Å². The first-order chi connectivity index (χ1) is 21.1. The van der Waals surface area contributed by atoms with Crippen molar-refractivity contribution in [3.05, 3.63) is 136 Å². The van der Waals surface area contributed by atoms with Crippen LogP contribution in [-0.4, -0.2) is 0 Å². The molecule has 6 aromatic rings. The van der Waals surface area contributed by atoms with Gasteiger partial charge in [-0.3, -0.25) is 0 Å². The Kier molecular flexibility index (Phi) is 5.03. The maximum Gasteiger partial charge on any atom is 0.135 e. The molecule has 2 aliphatic carbocycles. The first kappa shape index (κ1) is 25.9. The number of furan rings is 1. The summed E-state index contributed by atoms with van der Waals surface area (Å²) >= 11 is 0. The van der Waals surface area contributed by atoms with Gasteiger partial charge in [0.05, 0.1) is 0 Å². The van der Waals surface area contributed by atoms with Gasteiger partial charge in [0.2, 0.25) is 0 Å². The van der Waals surface area contributed by atoms with Crippen LogP contribution in [0.15, 0.2) is 95.4 Å². The molecule has 0 radical (unpaired) electrons. The normalized spacial score (nSPS) is 18.0. The molecule has 9 rings (SSSR count). The highest BCUT2D eigenvalue weighted by Gasteiger charge is 2.47. The van der Waals surface area contributed by atoms with Crippen molar-refractivity contribution in [2.75, 3.05) is 0 Å². The van der Waals surface area contributed by atoms with Gasteiger partial charge in [-0.05, 0) is 105 Å². The fourth-order valence-electron chi connectivity index (χ4n) is 8.61. The molecule has 44 heavy (non-hydrogen) atoms. The van der Waals surface area contributed by atoms with E-state index in [1.54, 1.807) is 0 Å². The lowest BCUT2D eigenvalue weighted by Crippen LogP contribution is -2.25. The number of benzene rings is 5. The molecule has 1 aromatic heterocycles. The molecule has 0 amide bonds. The second-order valence-corrected chi connectivity index (χ2v) is 14.1. The van der Waals surface area contributed by atoms with Gasteiger partial charge in [0, 0.05) is 28.2 Å². The minimum absolute atomic E-state index is 0.0585. The highest BCUT2D eigenvalue weighted by Crippen LogP contribution is 2.61. The Morgan fingerprint density at radius 2 is 1.30 bits per heavy atom. The summed E-state index contributed by atoms with van der Waals surface area (Å²) in [5.74, 6) is 1.95. The first-order valence-corrected chi connectivity index (χ1v) is 15.9. The smallest absolute Gasteiger partial charge is 0.135 e. The van der Waals surface area contributed by atoms with Crippen LogP contribution in [0.5, 0.6) is 5.75 Å². The van der Waals surface area contributed by atoms with Crippen LogP contribution in [0, 0.1) is 13.8 Å². The molecule has 0 saturated carbocycles. The van der Waals surface area contributed by atoms with Crippen LogP contribution >= 0.6 is 0 Å². The summed E-state index contributed by atoms with van der Waals surface area (Å²) in [4.78, 5) is 0. The van der Waals surface area contributed by atoms with Crippen LogP contribution in [-0.2, 0) is 17.3 Å². The van der Waals surface area contributed by atoms with Crippen LogP contribution in [0.2, 0.25) is 0 Å². The van der Waals surface area contributed by atoms with E-state index in [2.05, 4.69) is 120 Å². The van der Waals surface area contributed by atoms with Gasteiger partial charge in [0.15, 0.2) is 0 Å². The van der Waals surface area contributed by atoms with Crippen molar-refractivity contribution in [1.82, 2.24) is 0 Å². The van der Waals surface area contributed by atoms with Gasteiger partial charge in [-0.1, -0.05) is 94.4 Å². The summed E-state index contributed by atoms with van der Waals surface area (Å²) < 4.78 is 12.8. The Labute approximate surface area is 259 Å². The van der Waals surface area contributed by atoms with E-state index in [0.29, 0.717) is 0 Å². The molecule has 1 unspecified atom stereocenters. The average molecular weight is 573 g/mol. The first-order valence-electron chi connectivity index (χ1n) is 15.9. The van der Waals surface area contributed by atoms with Gasteiger partial charge in [-0.15, -0.1) is 0 Å². The lowest BCUT2D eigenvalue weighted by atomic mass is 9.71. The molecule has 2 heteroatoms. The monoisotopic (exact) mass is 572 g/mol. The Hall–Kier alpha value is -4.56. The molecular formula is C42H36O2. The molecule has 0 bridgehead atoms. The van der Waals surface area contributed by atoms with E-state index in [-0.39, 0.29) is 16.9 Å². The predicted octanol–water partition coefficient (Wildman–Crippen LogP) is 11.0. The summed E-state index contributed by atoms with van der Waals surface area (Å²) in [6.07, 6.45) is 0.981. The zero-order valence-corrected chi connectivity index (χ0v) is 26.3. The van der Waals surface area contributed by atoms with E-state index < -0.39 is 0 Å². The van der Waals surface area contributed by atoms with Gasteiger partial charge in [0.25, 0.3) is 0 Å². The molecule has 0 fully saturated rings. The van der Waals surface area contributed by atoms with Crippen molar-refractivity contribution < 1.29 is 9.15 Å². The third-order valence-electron chi connectivity index (χ3n) is 11.0. The van der Waals surface area contributed by atoms with Crippen molar-refractivity contribution >= 4 is 11.0 Å². The summed E-state index contributed by atoms with van der Waals surface area (Å²) in [6.45, 7) is 14.4. The fourth-order valence-corrected chi connectivity index (χ4v) is 8.61. The third kappa shape index (κ3) is 3.26. The molecule has 0 spiro atoms. The van der Waals surface area contributed by atoms with Gasteiger partial charge in [-0.25, -0.2) is 0 Å². The predicted molar refractivity (Wildman–Crippen MR) is 180 cm³/mol. The number of para-hydroxylation sites is 2. The fraction of sp³-hybridized carbons (Fsp3) is 0.238. The summed E-state index contributed by atoms with van der Waals surface area (Å²) in [6, 6.07) is 33.0. The molecule has 1 aliphatic heterocycles. The third-order valence-corrected chi connectivity index (χ3v) is 11.0. The lowest BCUT2D eigenvalue weighted by molar-refractivity contribution is 0.238. The largest absolute Gasteiger partial charge is 0.485 e. The Balaban J connectivity index is 1.19. The zero-order valence-electron chi connectivity index (χ0n) is 26.3. The molecule has 0 N–H and O–H groups in total. The number of hydrogen-bond donors (Lipinski definition) is 0. The summed E-state index contributed by atoms with van der Waals surface area (Å²) in [5.41, 5.74) is 18.5. The van der Waals surface area contributed by atoms with Gasteiger partial charge < -0.3 is 9.15 Å². The molecule has 5 aromatic carbocycles. The van der Waals surface area contributed by atoms with Crippen LogP contribution in [0.3, 0.4) is 0 Å². The van der Waals surface area contributed by atoms with Gasteiger partial charge in [-0.2, -0.15) is 0 Å². The molecule has 1 atom stereocenters. The minimum atomic E-state index is -0.159. The quantitative estimate of drug-likeness (QED) is 0.206. The van der Waals surface area contributed by atoms with Crippen molar-refractivity contribution in [3.63, 3.8) is 0 Å². The van der Waals surface area contributed by atoms with E-state index in [1.165, 1.54) is 66.8 Å². The lowest BCUT2D eigenvalue weighted by Gasteiger charge is -2.32. The number of ether oxygens (including phenoxy) is 1. The number of fused-ring (bicyclic) bond motifs is 9. The van der Waals surface area contributed by atoms with Crippen LogP contribution < -0.4 is 4.74 Å². The zero-order chi connectivity index (χ0) is 30.1. The highest BCUT2D eigenvalue weighted by molar-refractivity contribution is 5.96. The van der Waals surface area contributed by atoms with E-state index >= 15 is 0 Å². The minimum Gasteiger partial charge on any atom is -0.485 e. The summed E-state index contributed by atoms with van der Waals surface area (Å²) in [7, 11) is 0. The second-order valence-electron chi connectivity index (χ2n) is 14.1. The summed E-state index contributed by atoms with van der Waals surface area (Å²) in [5, 5.41) is 1.14. The second kappa shape index (κ2) is 8.54. The average Bonchev–Trinajstić information content (AvgIpc) is 3.75. The number of rotatable bonds is 2. The molecule has 3 aliphatic rings. The van der Waals surface area contributed by atoms with Crippen molar-refractivity contribution in [3.8, 4) is 39.3 Å². The Morgan fingerprint density at radius 1 is 0.659 bits per heavy atom. The maximum atomic E-state index is 6.45. The molecule has 216 valence electrons. The van der Waals surface area contributed by atoms with E-state index in [4.69, 9.17) is 9.15 Å². The number of hydrogen-bond acceptors (Lipinski definition) is 2. The van der Waals surface area contributed by atoms with E-state index in [0.717, 1.165) is 34.5 Å². The standard InChI is InChI=1S/C42H36O2/c1-23-24(2)38-30-18-16-28(36-22-26-12-8-10-14-34(26)44-36)20-32(30)42(5,6)40(38)39-37(23)29-17-15-27(19-31(29)41(39,3)4)35-21-25-11-7-9-13-33(25)43-35/h7-21,36H,22H2,1-6H3. The Morgan fingerprint density at radius 3 is 2.00 bits per heavy atom. The SMILES string of the molecule is Cc1c(C)c2c(c3c1-c1ccc(-c4cc5ccccc5o4)cc1C3(C)C)C(C)(C)c1cc(C3Cc4ccccc4O3)ccc1-2. The van der Waals surface area contributed by atoms with Gasteiger partial charge >= 0.3 is 0 Å². The molecule has 0 saturated heterocycles. The van der Waals surface area contributed by atoms with Crippen molar-refractivity contribution in [2.24, 2.45) is 0 Å². The van der Waals surface area contributed by atoms with Crippen LogP contribution in [0.1, 0.15) is 78.3 Å². The van der Waals surface area contributed by atoms with E-state index in [9.17, 15) is 0 Å². The molecule has 2 nitrogen and oxygen atoms in total. The van der Waals surface area contributed by atoms with Crippen molar-refractivity contribution in [2.45, 2.75) is 64.9 Å². The molecular weight excluding hydrogens is 536 g/mol. The molecule has 2 heterocycles. The maximum absolute atomic E-state index is 6.45. The highest BCUT2D eigenvalue weighted by atomic mass is 16.5. The van der Waals surface area contributed by atoms with E-state index in [1.807, 2.05) is 12.1 Å². The Bertz CT molecular complexity index is 2150. The van der Waals surface area contributed by atoms with Crippen LogP contribution in [0.4, 0.5) is 0 Å². The van der Waals surface area contributed by atoms with Gasteiger partial charge in [0.1, 0.15) is 23.2 Å². The topological polar surface area (TPSA) is 22.4 Å².